The number of nitrogens with zero attached hydrogens (tertiary/aromatic N) is 2. The molecule has 0 spiro atoms. The predicted molar refractivity (Wildman–Crippen MR) is 238 cm³/mol. The molecular formula is C52H40N2OS. The van der Waals surface area contributed by atoms with Crippen molar-refractivity contribution in [1.82, 2.24) is 0 Å². The van der Waals surface area contributed by atoms with Gasteiger partial charge in [0.2, 0.25) is 0 Å². The second-order valence-electron chi connectivity index (χ2n) is 14.6. The third-order valence-electron chi connectivity index (χ3n) is 10.9. The Bertz CT molecular complexity index is 2720. The zero-order chi connectivity index (χ0) is 37.6. The smallest absolute Gasteiger partial charge is 0.148 e. The number of hydrogen-bond donors (Lipinski definition) is 0. The first-order valence-electron chi connectivity index (χ1n) is 19.0. The minimum Gasteiger partial charge on any atom is -0.455 e. The van der Waals surface area contributed by atoms with E-state index in [1.54, 1.807) is 0 Å². The summed E-state index contributed by atoms with van der Waals surface area (Å²) >= 11 is 0. The predicted octanol–water partition coefficient (Wildman–Crippen LogP) is 15.2. The first-order chi connectivity index (χ1) is 27.5. The van der Waals surface area contributed by atoms with Gasteiger partial charge in [-0.1, -0.05) is 109 Å². The lowest BCUT2D eigenvalue weighted by Gasteiger charge is -2.27. The van der Waals surface area contributed by atoms with E-state index in [1.807, 2.05) is 0 Å². The van der Waals surface area contributed by atoms with Gasteiger partial charge in [0.1, 0.15) is 11.3 Å². The third-order valence-corrected chi connectivity index (χ3v) is 13.8. The average molecular weight is 741 g/mol. The quantitative estimate of drug-likeness (QED) is 0.155. The van der Waals surface area contributed by atoms with E-state index in [2.05, 4.69) is 229 Å². The molecule has 2 heterocycles. The Morgan fingerprint density at radius 3 is 1.20 bits per heavy atom. The molecule has 0 bridgehead atoms. The van der Waals surface area contributed by atoms with Gasteiger partial charge in [0.05, 0.1) is 0 Å². The molecule has 1 aliphatic heterocycles. The Balaban J connectivity index is 0.977. The summed E-state index contributed by atoms with van der Waals surface area (Å²) in [7, 11) is -1.31. The van der Waals surface area contributed by atoms with E-state index in [0.717, 1.165) is 45.5 Å². The lowest BCUT2D eigenvalue weighted by Crippen LogP contribution is -2.09. The van der Waals surface area contributed by atoms with E-state index >= 15 is 0 Å². The lowest BCUT2D eigenvalue weighted by atomic mass is 10.0. The molecule has 0 saturated heterocycles. The van der Waals surface area contributed by atoms with Crippen LogP contribution in [0.25, 0.3) is 44.5 Å². The van der Waals surface area contributed by atoms with Crippen molar-refractivity contribution in [3.05, 3.63) is 206 Å². The van der Waals surface area contributed by atoms with Gasteiger partial charge in [0, 0.05) is 54.9 Å². The molecule has 0 amide bonds. The normalized spacial score (nSPS) is 13.2. The zero-order valence-corrected chi connectivity index (χ0v) is 32.2. The summed E-state index contributed by atoms with van der Waals surface area (Å²) in [5.74, 6) is 1.02. The number of rotatable bonds is 8. The Hall–Kier alpha value is -6.75. The van der Waals surface area contributed by atoms with Crippen molar-refractivity contribution in [3.63, 3.8) is 0 Å². The highest BCUT2D eigenvalue weighted by atomic mass is 32.3. The van der Waals surface area contributed by atoms with Crippen LogP contribution < -0.4 is 9.80 Å². The van der Waals surface area contributed by atoms with Crippen LogP contribution in [0.1, 0.15) is 0 Å². The summed E-state index contributed by atoms with van der Waals surface area (Å²) in [4.78, 5) is 7.32. The minimum atomic E-state index is -1.31. The van der Waals surface area contributed by atoms with Crippen LogP contribution in [0, 0.1) is 0 Å². The second-order valence-corrected chi connectivity index (χ2v) is 18.1. The molecule has 270 valence electrons. The van der Waals surface area contributed by atoms with Crippen LogP contribution in [0.2, 0.25) is 0 Å². The van der Waals surface area contributed by atoms with Crippen molar-refractivity contribution in [2.75, 3.05) is 22.3 Å². The summed E-state index contributed by atoms with van der Waals surface area (Å²) in [6.45, 7) is 0. The van der Waals surface area contributed by atoms with Crippen molar-refractivity contribution in [1.29, 1.82) is 0 Å². The fourth-order valence-corrected chi connectivity index (χ4v) is 10.8. The number of benzene rings is 8. The van der Waals surface area contributed by atoms with Crippen molar-refractivity contribution >= 4 is 55.1 Å². The maximum atomic E-state index is 6.76. The van der Waals surface area contributed by atoms with Gasteiger partial charge in [-0.15, -0.1) is 0 Å². The number of hydrogen-bond acceptors (Lipinski definition) is 3. The van der Waals surface area contributed by atoms with Crippen LogP contribution in [0.4, 0.5) is 34.1 Å². The van der Waals surface area contributed by atoms with Gasteiger partial charge in [-0.3, -0.25) is 0 Å². The monoisotopic (exact) mass is 740 g/mol. The lowest BCUT2D eigenvalue weighted by molar-refractivity contribution is 0.625. The molecule has 3 nitrogen and oxygen atoms in total. The van der Waals surface area contributed by atoms with Crippen LogP contribution >= 0.6 is 10.0 Å². The fourth-order valence-electron chi connectivity index (χ4n) is 8.19. The minimum absolute atomic E-state index is 0.942. The molecule has 10 rings (SSSR count). The van der Waals surface area contributed by atoms with Crippen molar-refractivity contribution < 1.29 is 4.42 Å². The summed E-state index contributed by atoms with van der Waals surface area (Å²) in [6, 6.07) is 73.6. The summed E-state index contributed by atoms with van der Waals surface area (Å²) in [6.07, 6.45) is 4.82. The largest absolute Gasteiger partial charge is 0.455 e. The van der Waals surface area contributed by atoms with Gasteiger partial charge in [0.15, 0.2) is 0 Å². The SMILES string of the molecule is CS1(C)c2ccc(-c3ccc(N(c4ccccc4)c4ccccc4)cc3)cc2-c2oc3ccc(-c4ccc(N(c5ccccc5)c5ccccc5)cc4)cc3c21. The fraction of sp³-hybridized carbons (Fsp3) is 0.0385. The number of anilines is 6. The second kappa shape index (κ2) is 13.8. The van der Waals surface area contributed by atoms with Crippen LogP contribution in [0.15, 0.2) is 220 Å². The van der Waals surface area contributed by atoms with Crippen LogP contribution in [-0.2, 0) is 0 Å². The van der Waals surface area contributed by atoms with E-state index in [-0.39, 0.29) is 0 Å². The Labute approximate surface area is 330 Å². The van der Waals surface area contributed by atoms with Gasteiger partial charge in [-0.2, -0.15) is 10.0 Å². The topological polar surface area (TPSA) is 19.6 Å². The molecule has 0 fully saturated rings. The highest BCUT2D eigenvalue weighted by Gasteiger charge is 2.37. The van der Waals surface area contributed by atoms with E-state index in [9.17, 15) is 0 Å². The Morgan fingerprint density at radius 2 is 0.750 bits per heavy atom. The van der Waals surface area contributed by atoms with Gasteiger partial charge in [-0.05, 0) is 132 Å². The maximum absolute atomic E-state index is 6.76. The highest BCUT2D eigenvalue weighted by Crippen LogP contribution is 2.70. The number of furan rings is 1. The van der Waals surface area contributed by atoms with E-state index in [4.69, 9.17) is 4.42 Å². The molecule has 0 N–H and O–H groups in total. The molecule has 4 heteroatoms. The first-order valence-corrected chi connectivity index (χ1v) is 21.4. The third kappa shape index (κ3) is 5.87. The van der Waals surface area contributed by atoms with Crippen LogP contribution in [0.5, 0.6) is 0 Å². The standard InChI is InChI=1S/C52H40N2OS/c1-56(2)50-34-28-40(38-25-31-46(32-26-38)54(43-19-11-5-12-20-43)44-21-13-6-14-22-44)36-48(50)51-52(56)47-35-39(27-33-49(47)55-51)37-23-29-45(30-24-37)53(41-15-7-3-8-16-41)42-17-9-4-10-18-42/h3-36H,1-2H3. The average Bonchev–Trinajstić information content (AvgIpc) is 3.75. The van der Waals surface area contributed by atoms with Gasteiger partial charge in [-0.25, -0.2) is 0 Å². The number of fused-ring (bicyclic) bond motifs is 5. The molecule has 1 aliphatic rings. The van der Waals surface area contributed by atoms with Crippen molar-refractivity contribution in [2.45, 2.75) is 9.79 Å². The molecule has 8 aromatic carbocycles. The van der Waals surface area contributed by atoms with E-state index < -0.39 is 10.0 Å². The number of para-hydroxylation sites is 4. The van der Waals surface area contributed by atoms with Gasteiger partial charge >= 0.3 is 0 Å². The van der Waals surface area contributed by atoms with Crippen molar-refractivity contribution in [3.8, 4) is 33.6 Å². The van der Waals surface area contributed by atoms with Gasteiger partial charge < -0.3 is 14.2 Å². The maximum Gasteiger partial charge on any atom is 0.148 e. The van der Waals surface area contributed by atoms with Crippen LogP contribution in [0.3, 0.4) is 0 Å². The van der Waals surface area contributed by atoms with Crippen LogP contribution in [-0.4, -0.2) is 12.5 Å². The highest BCUT2D eigenvalue weighted by molar-refractivity contribution is 8.33. The van der Waals surface area contributed by atoms with E-state index in [0.29, 0.717) is 0 Å². The summed E-state index contributed by atoms with van der Waals surface area (Å²) < 4.78 is 6.76. The van der Waals surface area contributed by atoms with E-state index in [1.165, 1.54) is 43.0 Å². The molecule has 0 atom stereocenters. The molecule has 0 saturated carbocycles. The molecule has 1 aromatic heterocycles. The molecule has 0 aliphatic carbocycles. The summed E-state index contributed by atoms with van der Waals surface area (Å²) in [5.41, 5.74) is 13.6. The van der Waals surface area contributed by atoms with Gasteiger partial charge in [0.25, 0.3) is 0 Å². The molecule has 56 heavy (non-hydrogen) atoms. The van der Waals surface area contributed by atoms with Crippen molar-refractivity contribution in [2.24, 2.45) is 0 Å². The zero-order valence-electron chi connectivity index (χ0n) is 31.3. The molecular weight excluding hydrogens is 701 g/mol. The molecule has 9 aromatic rings. The Morgan fingerprint density at radius 1 is 0.375 bits per heavy atom. The molecule has 0 radical (unpaired) electrons. The summed E-state index contributed by atoms with van der Waals surface area (Å²) in [5, 5.41) is 1.21. The molecule has 0 unspecified atom stereocenters. The Kier molecular flexibility index (Phi) is 8.35. The first kappa shape index (κ1) is 33.8.